The van der Waals surface area contributed by atoms with Crippen molar-refractivity contribution in [2.75, 3.05) is 57.5 Å². The van der Waals surface area contributed by atoms with Crippen molar-refractivity contribution in [2.45, 2.75) is 18.4 Å². The third-order valence-corrected chi connectivity index (χ3v) is 11.2. The van der Waals surface area contributed by atoms with E-state index in [-0.39, 0.29) is 10.8 Å². The number of amides is 1. The Balaban J connectivity index is 1.34. The highest BCUT2D eigenvalue weighted by Crippen LogP contribution is 2.37. The van der Waals surface area contributed by atoms with Gasteiger partial charge in [0.25, 0.3) is 15.9 Å². The summed E-state index contributed by atoms with van der Waals surface area (Å²) < 4.78 is 29.4. The zero-order valence-electron chi connectivity index (χ0n) is 29.4. The van der Waals surface area contributed by atoms with E-state index >= 15 is 0 Å². The second-order valence-corrected chi connectivity index (χ2v) is 15.2. The number of aryl methyl sites for hydroxylation is 1. The highest BCUT2D eigenvalue weighted by Gasteiger charge is 2.24. The number of rotatable bonds is 9. The molecule has 0 radical (unpaired) electrons. The Labute approximate surface area is 299 Å². The smallest absolute Gasteiger partial charge is 0.269 e. The fourth-order valence-corrected chi connectivity index (χ4v) is 7.82. The number of hydrogen-bond donors (Lipinski definition) is 1. The summed E-state index contributed by atoms with van der Waals surface area (Å²) in [5, 5.41) is 4.39. The molecule has 1 fully saturated rings. The van der Waals surface area contributed by atoms with E-state index in [1.165, 1.54) is 14.4 Å². The molecule has 6 aromatic rings. The molecule has 1 aliphatic rings. The number of aromatic nitrogens is 2. The van der Waals surface area contributed by atoms with Gasteiger partial charge in [0, 0.05) is 81.3 Å². The van der Waals surface area contributed by atoms with E-state index in [2.05, 4.69) is 52.5 Å². The number of likely N-dealkylation sites (N-methyl/N-ethyl adjacent to an activating group) is 1. The van der Waals surface area contributed by atoms with Crippen LogP contribution in [-0.4, -0.2) is 80.4 Å². The number of nitrogens with one attached hydrogen (secondary N) is 1. The fraction of sp³-hybridized carbons (Fsp3) is 0.220. The molecule has 1 N–H and O–H groups in total. The van der Waals surface area contributed by atoms with Crippen LogP contribution in [0.3, 0.4) is 0 Å². The van der Waals surface area contributed by atoms with Crippen LogP contribution < -0.4 is 10.2 Å². The summed E-state index contributed by atoms with van der Waals surface area (Å²) in [6, 6.07) is 32.9. The molecule has 0 spiro atoms. The SMILES string of the molecule is Cc1ccc(S(=O)(=O)n2cc(-c3ccc(C(=O)N(C)C)cc3)c3cc(-c4ccc(N5CCN(C)CC5)c(NCc5ccccc5)c4)cnc32)cc1. The summed E-state index contributed by atoms with van der Waals surface area (Å²) in [5.74, 6) is -0.105. The Bertz CT molecular complexity index is 2290. The number of carbonyl (C=O) groups is 1. The van der Waals surface area contributed by atoms with Gasteiger partial charge in [-0.25, -0.2) is 17.4 Å². The molecule has 0 bridgehead atoms. The molecular formula is C41H42N6O3S. The number of piperazine rings is 1. The zero-order valence-corrected chi connectivity index (χ0v) is 30.2. The van der Waals surface area contributed by atoms with E-state index in [0.29, 0.717) is 28.7 Å². The molecule has 7 rings (SSSR count). The highest BCUT2D eigenvalue weighted by molar-refractivity contribution is 7.90. The van der Waals surface area contributed by atoms with Gasteiger partial charge < -0.3 is 20.0 Å². The Kier molecular flexibility index (Phi) is 9.37. The van der Waals surface area contributed by atoms with Crippen LogP contribution in [-0.2, 0) is 16.6 Å². The van der Waals surface area contributed by atoms with Gasteiger partial charge in [-0.05, 0) is 73.1 Å². The highest BCUT2D eigenvalue weighted by atomic mass is 32.2. The van der Waals surface area contributed by atoms with Crippen molar-refractivity contribution in [3.8, 4) is 22.3 Å². The average Bonchev–Trinajstić information content (AvgIpc) is 3.54. The molecule has 260 valence electrons. The summed E-state index contributed by atoms with van der Waals surface area (Å²) >= 11 is 0. The molecule has 1 aliphatic heterocycles. The second kappa shape index (κ2) is 14.0. The Morgan fingerprint density at radius 3 is 2.20 bits per heavy atom. The quantitative estimate of drug-likeness (QED) is 0.174. The van der Waals surface area contributed by atoms with Crippen molar-refractivity contribution < 1.29 is 13.2 Å². The molecule has 1 amide bonds. The molecule has 0 saturated carbocycles. The maximum Gasteiger partial charge on any atom is 0.269 e. The number of nitrogens with zero attached hydrogens (tertiary/aromatic N) is 5. The third-order valence-electron chi connectivity index (χ3n) is 9.54. The second-order valence-electron chi connectivity index (χ2n) is 13.4. The van der Waals surface area contributed by atoms with E-state index in [4.69, 9.17) is 4.98 Å². The molecule has 1 saturated heterocycles. The first kappa shape index (κ1) is 34.0. The lowest BCUT2D eigenvalue weighted by molar-refractivity contribution is 0.0827. The van der Waals surface area contributed by atoms with Crippen molar-refractivity contribution >= 4 is 38.3 Å². The molecule has 4 aromatic carbocycles. The topological polar surface area (TPSA) is 90.8 Å². The lowest BCUT2D eigenvalue weighted by Crippen LogP contribution is -2.44. The number of anilines is 2. The van der Waals surface area contributed by atoms with Crippen LogP contribution in [0.1, 0.15) is 21.5 Å². The van der Waals surface area contributed by atoms with Crippen molar-refractivity contribution in [1.29, 1.82) is 0 Å². The first-order valence-corrected chi connectivity index (χ1v) is 18.5. The molecule has 0 aliphatic carbocycles. The molecular weight excluding hydrogens is 657 g/mol. The van der Waals surface area contributed by atoms with Crippen molar-refractivity contribution in [1.82, 2.24) is 18.8 Å². The maximum atomic E-state index is 14.1. The van der Waals surface area contributed by atoms with Crippen molar-refractivity contribution in [2.24, 2.45) is 0 Å². The van der Waals surface area contributed by atoms with Gasteiger partial charge in [0.1, 0.15) is 0 Å². The number of hydrogen-bond acceptors (Lipinski definition) is 7. The summed E-state index contributed by atoms with van der Waals surface area (Å²) in [7, 11) is 1.62. The van der Waals surface area contributed by atoms with Crippen molar-refractivity contribution in [3.05, 3.63) is 132 Å². The molecule has 10 heteroatoms. The third kappa shape index (κ3) is 6.97. The molecule has 9 nitrogen and oxygen atoms in total. The minimum atomic E-state index is -3.97. The van der Waals surface area contributed by atoms with Gasteiger partial charge in [-0.2, -0.15) is 0 Å². The zero-order chi connectivity index (χ0) is 35.7. The van der Waals surface area contributed by atoms with E-state index in [0.717, 1.165) is 59.8 Å². The molecule has 0 unspecified atom stereocenters. The van der Waals surface area contributed by atoms with E-state index < -0.39 is 10.0 Å². The molecule has 2 aromatic heterocycles. The van der Waals surface area contributed by atoms with E-state index in [1.807, 2.05) is 43.3 Å². The van der Waals surface area contributed by atoms with Crippen LogP contribution in [0, 0.1) is 6.92 Å². The summed E-state index contributed by atoms with van der Waals surface area (Å²) in [5.41, 5.74) is 8.54. The van der Waals surface area contributed by atoms with Gasteiger partial charge in [0.2, 0.25) is 0 Å². The first-order valence-electron chi connectivity index (χ1n) is 17.1. The largest absolute Gasteiger partial charge is 0.379 e. The van der Waals surface area contributed by atoms with E-state index in [1.54, 1.807) is 62.9 Å². The molecule has 3 heterocycles. The molecule has 51 heavy (non-hydrogen) atoms. The van der Waals surface area contributed by atoms with Gasteiger partial charge in [0.05, 0.1) is 16.3 Å². The van der Waals surface area contributed by atoms with Crippen LogP contribution in [0.5, 0.6) is 0 Å². The standard InChI is InChI=1S/C41H42N6O3S/c1-29-10-17-35(18-11-29)51(49,50)47-28-37(31-12-14-32(15-13-31)41(48)44(2)3)36-24-34(27-43-40(36)47)33-16-19-39(46-22-20-45(4)21-23-46)38(25-33)42-26-30-8-6-5-7-9-30/h5-19,24-25,27-28,42H,20-23,26H2,1-4H3. The van der Waals surface area contributed by atoms with Crippen LogP contribution in [0.25, 0.3) is 33.3 Å². The number of pyridine rings is 1. The Hall–Kier alpha value is -5.45. The normalized spacial score (nSPS) is 13.8. The van der Waals surface area contributed by atoms with Gasteiger partial charge in [0.15, 0.2) is 5.65 Å². The van der Waals surface area contributed by atoms with Crippen LogP contribution in [0.4, 0.5) is 11.4 Å². The maximum absolute atomic E-state index is 14.1. The van der Waals surface area contributed by atoms with Gasteiger partial charge >= 0.3 is 0 Å². The minimum Gasteiger partial charge on any atom is -0.379 e. The predicted octanol–water partition coefficient (Wildman–Crippen LogP) is 6.98. The minimum absolute atomic E-state index is 0.105. The fourth-order valence-electron chi connectivity index (χ4n) is 6.50. The first-order chi connectivity index (χ1) is 24.6. The summed E-state index contributed by atoms with van der Waals surface area (Å²) in [4.78, 5) is 23.9. The van der Waals surface area contributed by atoms with Crippen molar-refractivity contribution in [3.63, 3.8) is 0 Å². The Morgan fingerprint density at radius 1 is 0.824 bits per heavy atom. The van der Waals surface area contributed by atoms with Crippen LogP contribution in [0.2, 0.25) is 0 Å². The lowest BCUT2D eigenvalue weighted by atomic mass is 10.0. The number of carbonyl (C=O) groups excluding carboxylic acids is 1. The number of fused-ring (bicyclic) bond motifs is 1. The molecule has 0 atom stereocenters. The summed E-state index contributed by atoms with van der Waals surface area (Å²) in [6.45, 7) is 6.47. The van der Waals surface area contributed by atoms with Gasteiger partial charge in [-0.15, -0.1) is 0 Å². The predicted molar refractivity (Wildman–Crippen MR) is 206 cm³/mol. The van der Waals surface area contributed by atoms with E-state index in [9.17, 15) is 13.2 Å². The van der Waals surface area contributed by atoms with Gasteiger partial charge in [-0.1, -0.05) is 66.2 Å². The average molecular weight is 699 g/mol. The summed E-state index contributed by atoms with van der Waals surface area (Å²) in [6.07, 6.45) is 3.39. The monoisotopic (exact) mass is 698 g/mol. The lowest BCUT2D eigenvalue weighted by Gasteiger charge is -2.35. The Morgan fingerprint density at radius 2 is 1.51 bits per heavy atom. The van der Waals surface area contributed by atoms with Crippen LogP contribution >= 0.6 is 0 Å². The van der Waals surface area contributed by atoms with Crippen LogP contribution in [0.15, 0.2) is 120 Å². The number of benzene rings is 4. The van der Waals surface area contributed by atoms with Gasteiger partial charge in [-0.3, -0.25) is 4.79 Å².